The van der Waals surface area contributed by atoms with E-state index in [1.165, 1.54) is 5.56 Å². The van der Waals surface area contributed by atoms with Crippen LogP contribution in [0.2, 0.25) is 0 Å². The van der Waals surface area contributed by atoms with Gasteiger partial charge in [-0.1, -0.05) is 56.3 Å². The lowest BCUT2D eigenvalue weighted by Crippen LogP contribution is -2.27. The van der Waals surface area contributed by atoms with E-state index in [4.69, 9.17) is 4.74 Å². The van der Waals surface area contributed by atoms with E-state index in [0.29, 0.717) is 5.92 Å². The second-order valence-electron chi connectivity index (χ2n) is 4.99. The Morgan fingerprint density at radius 3 is 2.67 bits per heavy atom. The Bertz CT molecular complexity index is 519. The van der Waals surface area contributed by atoms with Gasteiger partial charge in [0, 0.05) is 18.4 Å². The van der Waals surface area contributed by atoms with Gasteiger partial charge in [0.1, 0.15) is 5.76 Å². The fraction of sp³-hybridized carbons (Fsp3) is 0.389. The van der Waals surface area contributed by atoms with Gasteiger partial charge in [0.05, 0.1) is 0 Å². The summed E-state index contributed by atoms with van der Waals surface area (Å²) in [6.45, 7) is 4.00. The lowest BCUT2D eigenvalue weighted by Gasteiger charge is -2.10. The van der Waals surface area contributed by atoms with Crippen molar-refractivity contribution in [2.45, 2.75) is 45.1 Å². The zero-order valence-corrected chi connectivity index (χ0v) is 12.7. The maximum atomic E-state index is 11.7. The summed E-state index contributed by atoms with van der Waals surface area (Å²) in [5.41, 5.74) is 1.28. The number of carbonyl (C=O) groups excluding carboxylic acids is 1. The highest BCUT2D eigenvalue weighted by Gasteiger charge is 2.39. The van der Waals surface area contributed by atoms with E-state index in [-0.39, 0.29) is 12.1 Å². The minimum absolute atomic E-state index is 0.217. The lowest BCUT2D eigenvalue weighted by atomic mass is 10.1. The molecule has 0 bridgehead atoms. The molecule has 2 aliphatic carbocycles. The van der Waals surface area contributed by atoms with E-state index >= 15 is 0 Å². The summed E-state index contributed by atoms with van der Waals surface area (Å²) in [4.78, 5) is 11.7. The van der Waals surface area contributed by atoms with Crippen molar-refractivity contribution in [1.82, 2.24) is 5.32 Å². The number of allylic oxidation sites excluding steroid dienone is 4. The monoisotopic (exact) mass is 285 g/mol. The number of amides is 1. The summed E-state index contributed by atoms with van der Waals surface area (Å²) in [5.74, 6) is 1.19. The average Bonchev–Trinajstić information content (AvgIpc) is 3.30. The Kier molecular flexibility index (Phi) is 5.61. The topological polar surface area (TPSA) is 38.3 Å². The first-order valence-corrected chi connectivity index (χ1v) is 7.72. The Hall–Kier alpha value is -2.03. The molecule has 1 saturated carbocycles. The standard InChI is InChI=1S/C16H17NO2.C2H6/c18-16(19-13-9-5-2-6-10-13)17-15-11-14(15)12-7-3-1-4-8-12;1-2/h1-5,7-9,14-15H,6,10-11H2,(H,17,18);1-2H3. The van der Waals surface area contributed by atoms with Crippen LogP contribution in [0.5, 0.6) is 0 Å². The highest BCUT2D eigenvalue weighted by atomic mass is 16.6. The van der Waals surface area contributed by atoms with Gasteiger partial charge in [-0.25, -0.2) is 4.79 Å². The summed E-state index contributed by atoms with van der Waals surface area (Å²) >= 11 is 0. The van der Waals surface area contributed by atoms with Crippen molar-refractivity contribution in [1.29, 1.82) is 0 Å². The molecule has 1 aromatic carbocycles. The highest BCUT2D eigenvalue weighted by molar-refractivity contribution is 5.69. The summed E-state index contributed by atoms with van der Waals surface area (Å²) in [5, 5.41) is 2.92. The van der Waals surface area contributed by atoms with E-state index in [9.17, 15) is 4.79 Å². The molecule has 1 N–H and O–H groups in total. The molecule has 3 nitrogen and oxygen atoms in total. The molecule has 3 rings (SSSR count). The van der Waals surface area contributed by atoms with Crippen molar-refractivity contribution >= 4 is 6.09 Å². The lowest BCUT2D eigenvalue weighted by molar-refractivity contribution is 0.172. The third-order valence-electron chi connectivity index (χ3n) is 3.52. The van der Waals surface area contributed by atoms with Gasteiger partial charge in [-0.15, -0.1) is 0 Å². The van der Waals surface area contributed by atoms with Crippen LogP contribution in [0.25, 0.3) is 0 Å². The zero-order chi connectivity index (χ0) is 15.1. The first-order chi connectivity index (χ1) is 10.3. The Labute approximate surface area is 126 Å². The van der Waals surface area contributed by atoms with Crippen LogP contribution >= 0.6 is 0 Å². The fourth-order valence-electron chi connectivity index (χ4n) is 2.39. The van der Waals surface area contributed by atoms with E-state index < -0.39 is 0 Å². The molecule has 0 aliphatic heterocycles. The second-order valence-corrected chi connectivity index (χ2v) is 4.99. The van der Waals surface area contributed by atoms with Crippen LogP contribution in [0.3, 0.4) is 0 Å². The largest absolute Gasteiger partial charge is 0.415 e. The number of benzene rings is 1. The predicted octanol–water partition coefficient (Wildman–Crippen LogP) is 4.53. The second kappa shape index (κ2) is 7.67. The van der Waals surface area contributed by atoms with Crippen LogP contribution in [-0.4, -0.2) is 12.1 Å². The molecule has 2 unspecified atom stereocenters. The first kappa shape index (κ1) is 15.4. The van der Waals surface area contributed by atoms with Gasteiger partial charge in [-0.3, -0.25) is 0 Å². The first-order valence-electron chi connectivity index (χ1n) is 7.72. The van der Waals surface area contributed by atoms with Gasteiger partial charge >= 0.3 is 6.09 Å². The molecule has 1 fully saturated rings. The van der Waals surface area contributed by atoms with Gasteiger partial charge < -0.3 is 10.1 Å². The van der Waals surface area contributed by atoms with Gasteiger partial charge in [0.25, 0.3) is 0 Å². The predicted molar refractivity (Wildman–Crippen MR) is 85.0 cm³/mol. The minimum atomic E-state index is -0.329. The molecule has 2 atom stereocenters. The van der Waals surface area contributed by atoms with Crippen molar-refractivity contribution in [3.05, 3.63) is 59.9 Å². The molecule has 21 heavy (non-hydrogen) atoms. The van der Waals surface area contributed by atoms with Crippen molar-refractivity contribution < 1.29 is 9.53 Å². The molecule has 0 spiro atoms. The third-order valence-corrected chi connectivity index (χ3v) is 3.52. The normalized spacial score (nSPS) is 22.5. The molecule has 0 heterocycles. The fourth-order valence-corrected chi connectivity index (χ4v) is 2.39. The number of hydrogen-bond donors (Lipinski definition) is 1. The van der Waals surface area contributed by atoms with Crippen molar-refractivity contribution in [2.24, 2.45) is 0 Å². The zero-order valence-electron chi connectivity index (χ0n) is 12.7. The molecule has 112 valence electrons. The maximum absolute atomic E-state index is 11.7. The Balaban J connectivity index is 0.000000774. The van der Waals surface area contributed by atoms with Crippen molar-refractivity contribution in [2.75, 3.05) is 0 Å². The number of alkyl carbamates (subject to hydrolysis) is 1. The molecule has 0 radical (unpaired) electrons. The Morgan fingerprint density at radius 1 is 1.24 bits per heavy atom. The summed E-state index contributed by atoms with van der Waals surface area (Å²) in [6.07, 6.45) is 8.26. The number of hydrogen-bond acceptors (Lipinski definition) is 2. The molecule has 0 aromatic heterocycles. The van der Waals surface area contributed by atoms with Gasteiger partial charge in [0.15, 0.2) is 0 Å². The van der Waals surface area contributed by atoms with E-state index in [2.05, 4.69) is 23.5 Å². The maximum Gasteiger partial charge on any atom is 0.412 e. The highest BCUT2D eigenvalue weighted by Crippen LogP contribution is 2.40. The van der Waals surface area contributed by atoms with Crippen LogP contribution in [0.15, 0.2) is 54.3 Å². The third kappa shape index (κ3) is 4.48. The van der Waals surface area contributed by atoms with E-state index in [1.807, 2.05) is 44.2 Å². The molecule has 1 amide bonds. The van der Waals surface area contributed by atoms with Gasteiger partial charge in [-0.2, -0.15) is 0 Å². The van der Waals surface area contributed by atoms with Crippen LogP contribution in [-0.2, 0) is 4.74 Å². The summed E-state index contributed by atoms with van der Waals surface area (Å²) < 4.78 is 5.29. The number of carbonyl (C=O) groups is 1. The molecular weight excluding hydrogens is 262 g/mol. The van der Waals surface area contributed by atoms with Crippen molar-refractivity contribution in [3.63, 3.8) is 0 Å². The van der Waals surface area contributed by atoms with Crippen LogP contribution in [0.4, 0.5) is 4.79 Å². The molecule has 0 saturated heterocycles. The van der Waals surface area contributed by atoms with Gasteiger partial charge in [-0.05, 0) is 24.5 Å². The molecular formula is C18H23NO2. The number of rotatable bonds is 3. The molecule has 1 aromatic rings. The molecule has 3 heteroatoms. The van der Waals surface area contributed by atoms with E-state index in [0.717, 1.165) is 25.0 Å². The smallest absolute Gasteiger partial charge is 0.412 e. The number of ether oxygens (including phenoxy) is 1. The summed E-state index contributed by atoms with van der Waals surface area (Å²) in [7, 11) is 0. The van der Waals surface area contributed by atoms with E-state index in [1.54, 1.807) is 0 Å². The van der Waals surface area contributed by atoms with Gasteiger partial charge in [0.2, 0.25) is 0 Å². The van der Waals surface area contributed by atoms with Crippen LogP contribution in [0.1, 0.15) is 44.6 Å². The molecule has 2 aliphatic rings. The quantitative estimate of drug-likeness (QED) is 0.886. The number of nitrogens with one attached hydrogen (secondary N) is 1. The van der Waals surface area contributed by atoms with Crippen molar-refractivity contribution in [3.8, 4) is 0 Å². The SMILES string of the molecule is CC.O=C(NC1CC1c1ccccc1)OC1=CC=CCC1. The van der Waals surface area contributed by atoms with Crippen LogP contribution in [0, 0.1) is 0 Å². The minimum Gasteiger partial charge on any atom is -0.415 e. The van der Waals surface area contributed by atoms with Crippen LogP contribution < -0.4 is 5.32 Å². The summed E-state index contributed by atoms with van der Waals surface area (Å²) in [6, 6.07) is 10.5. The Morgan fingerprint density at radius 2 is 2.00 bits per heavy atom. The average molecular weight is 285 g/mol.